The van der Waals surface area contributed by atoms with Crippen molar-refractivity contribution >= 4 is 23.3 Å². The Labute approximate surface area is 135 Å². The van der Waals surface area contributed by atoms with Gasteiger partial charge in [-0.15, -0.1) is 0 Å². The normalized spacial score (nSPS) is 18.1. The lowest BCUT2D eigenvalue weighted by Crippen LogP contribution is -2.54. The van der Waals surface area contributed by atoms with Gasteiger partial charge >= 0.3 is 6.03 Å². The van der Waals surface area contributed by atoms with E-state index in [0.29, 0.717) is 26.1 Å². The Morgan fingerprint density at radius 2 is 2.27 bits per heavy atom. The molecule has 0 aliphatic carbocycles. The molecule has 0 spiro atoms. The predicted octanol–water partition coefficient (Wildman–Crippen LogP) is 1.10. The molecule has 2 heterocycles. The molecule has 1 aliphatic heterocycles. The first kappa shape index (κ1) is 16.8. The third-order valence-corrected chi connectivity index (χ3v) is 4.37. The van der Waals surface area contributed by atoms with E-state index >= 15 is 0 Å². The number of urea groups is 1. The highest BCUT2D eigenvalue weighted by atomic mass is 32.1. The number of amides is 3. The predicted molar refractivity (Wildman–Crippen MR) is 87.8 cm³/mol. The van der Waals surface area contributed by atoms with Crippen LogP contribution in [-0.4, -0.2) is 61.5 Å². The van der Waals surface area contributed by atoms with E-state index < -0.39 is 6.04 Å². The maximum Gasteiger partial charge on any atom is 0.318 e. The summed E-state index contributed by atoms with van der Waals surface area (Å²) < 4.78 is 0. The molecule has 22 heavy (non-hydrogen) atoms. The van der Waals surface area contributed by atoms with Gasteiger partial charge in [0.2, 0.25) is 5.91 Å². The molecule has 0 saturated carbocycles. The van der Waals surface area contributed by atoms with Gasteiger partial charge < -0.3 is 20.4 Å². The zero-order valence-electron chi connectivity index (χ0n) is 13.2. The van der Waals surface area contributed by atoms with E-state index in [2.05, 4.69) is 10.6 Å². The first-order valence-corrected chi connectivity index (χ1v) is 8.49. The van der Waals surface area contributed by atoms with Crippen LogP contribution in [0.25, 0.3) is 0 Å². The van der Waals surface area contributed by atoms with Crippen LogP contribution < -0.4 is 10.6 Å². The Morgan fingerprint density at radius 3 is 2.91 bits per heavy atom. The van der Waals surface area contributed by atoms with Gasteiger partial charge in [0.05, 0.1) is 0 Å². The van der Waals surface area contributed by atoms with Crippen LogP contribution in [-0.2, 0) is 11.3 Å². The van der Waals surface area contributed by atoms with Gasteiger partial charge in [0.15, 0.2) is 0 Å². The average Bonchev–Trinajstić information content (AvgIpc) is 2.98. The lowest BCUT2D eigenvalue weighted by Gasteiger charge is -2.28. The molecule has 1 aromatic heterocycles. The highest BCUT2D eigenvalue weighted by Crippen LogP contribution is 2.11. The van der Waals surface area contributed by atoms with Crippen molar-refractivity contribution in [3.8, 4) is 0 Å². The third kappa shape index (κ3) is 4.99. The SMILES string of the molecule is CN(C)CCN(Cc1ccsc1)C(=O)NC1CCCNC1=O. The van der Waals surface area contributed by atoms with E-state index in [1.165, 1.54) is 0 Å². The van der Waals surface area contributed by atoms with Crippen molar-refractivity contribution in [1.82, 2.24) is 20.4 Å². The second-order valence-corrected chi connectivity index (χ2v) is 6.57. The van der Waals surface area contributed by atoms with E-state index in [0.717, 1.165) is 18.5 Å². The van der Waals surface area contributed by atoms with Gasteiger partial charge in [0.1, 0.15) is 6.04 Å². The van der Waals surface area contributed by atoms with Gasteiger partial charge in [-0.05, 0) is 49.3 Å². The number of thiophene rings is 1. The molecule has 1 saturated heterocycles. The summed E-state index contributed by atoms with van der Waals surface area (Å²) in [5, 5.41) is 9.71. The van der Waals surface area contributed by atoms with Crippen LogP contribution in [0.3, 0.4) is 0 Å². The van der Waals surface area contributed by atoms with Crippen LogP contribution in [0, 0.1) is 0 Å². The molecule has 0 bridgehead atoms. The fraction of sp³-hybridized carbons (Fsp3) is 0.600. The lowest BCUT2D eigenvalue weighted by atomic mass is 10.1. The minimum absolute atomic E-state index is 0.0808. The van der Waals surface area contributed by atoms with Crippen molar-refractivity contribution in [2.24, 2.45) is 0 Å². The fourth-order valence-corrected chi connectivity index (χ4v) is 2.99. The van der Waals surface area contributed by atoms with Crippen LogP contribution in [0.4, 0.5) is 4.79 Å². The van der Waals surface area contributed by atoms with Crippen molar-refractivity contribution in [3.63, 3.8) is 0 Å². The zero-order valence-corrected chi connectivity index (χ0v) is 14.0. The molecule has 3 amide bonds. The Kier molecular flexibility index (Phi) is 6.21. The number of hydrogen-bond acceptors (Lipinski definition) is 4. The van der Waals surface area contributed by atoms with Crippen molar-refractivity contribution in [3.05, 3.63) is 22.4 Å². The van der Waals surface area contributed by atoms with E-state index in [1.807, 2.05) is 35.8 Å². The Balaban J connectivity index is 1.96. The van der Waals surface area contributed by atoms with Gasteiger partial charge in [0, 0.05) is 26.2 Å². The minimum atomic E-state index is -0.411. The third-order valence-electron chi connectivity index (χ3n) is 3.64. The van der Waals surface area contributed by atoms with Gasteiger partial charge in [0.25, 0.3) is 0 Å². The quantitative estimate of drug-likeness (QED) is 0.823. The number of nitrogens with zero attached hydrogens (tertiary/aromatic N) is 2. The van der Waals surface area contributed by atoms with Crippen molar-refractivity contribution in [2.45, 2.75) is 25.4 Å². The number of hydrogen-bond donors (Lipinski definition) is 2. The van der Waals surface area contributed by atoms with Crippen LogP contribution in [0.5, 0.6) is 0 Å². The molecule has 1 fully saturated rings. The largest absolute Gasteiger partial charge is 0.354 e. The highest BCUT2D eigenvalue weighted by Gasteiger charge is 2.25. The van der Waals surface area contributed by atoms with Crippen LogP contribution in [0.15, 0.2) is 16.8 Å². The molecule has 2 N–H and O–H groups in total. The number of rotatable bonds is 6. The number of carbonyl (C=O) groups is 2. The second-order valence-electron chi connectivity index (χ2n) is 5.79. The molecular weight excluding hydrogens is 300 g/mol. The van der Waals surface area contributed by atoms with Gasteiger partial charge in [-0.2, -0.15) is 11.3 Å². The first-order valence-electron chi connectivity index (χ1n) is 7.55. The molecule has 7 heteroatoms. The summed E-state index contributed by atoms with van der Waals surface area (Å²) in [5.41, 5.74) is 1.12. The summed E-state index contributed by atoms with van der Waals surface area (Å²) in [7, 11) is 3.96. The molecule has 1 aliphatic rings. The smallest absolute Gasteiger partial charge is 0.318 e. The molecule has 0 radical (unpaired) electrons. The average molecular weight is 324 g/mol. The molecule has 1 unspecified atom stereocenters. The Morgan fingerprint density at radius 1 is 1.45 bits per heavy atom. The number of piperidine rings is 1. The number of carbonyl (C=O) groups excluding carboxylic acids is 2. The molecule has 1 atom stereocenters. The van der Waals surface area contributed by atoms with Gasteiger partial charge in [-0.1, -0.05) is 0 Å². The van der Waals surface area contributed by atoms with E-state index in [1.54, 1.807) is 16.2 Å². The van der Waals surface area contributed by atoms with Crippen LogP contribution >= 0.6 is 11.3 Å². The standard InChI is InChI=1S/C15H24N4O2S/c1-18(2)7-8-19(10-12-5-9-22-11-12)15(21)17-13-4-3-6-16-14(13)20/h5,9,11,13H,3-4,6-8,10H2,1-2H3,(H,16,20)(H,17,21). The molecule has 0 aromatic carbocycles. The summed E-state index contributed by atoms with van der Waals surface area (Å²) in [4.78, 5) is 28.1. The Hall–Kier alpha value is -1.60. The Bertz CT molecular complexity index is 490. The first-order chi connectivity index (χ1) is 10.6. The molecular formula is C15H24N4O2S. The van der Waals surface area contributed by atoms with Gasteiger partial charge in [-0.25, -0.2) is 4.79 Å². The summed E-state index contributed by atoms with van der Waals surface area (Å²) in [5.74, 6) is -0.0808. The molecule has 2 rings (SSSR count). The van der Waals surface area contributed by atoms with Crippen molar-refractivity contribution in [2.75, 3.05) is 33.7 Å². The molecule has 6 nitrogen and oxygen atoms in total. The highest BCUT2D eigenvalue weighted by molar-refractivity contribution is 7.07. The zero-order chi connectivity index (χ0) is 15.9. The van der Waals surface area contributed by atoms with E-state index in [4.69, 9.17) is 0 Å². The van der Waals surface area contributed by atoms with Gasteiger partial charge in [-0.3, -0.25) is 4.79 Å². The van der Waals surface area contributed by atoms with Crippen LogP contribution in [0.1, 0.15) is 18.4 Å². The summed E-state index contributed by atoms with van der Waals surface area (Å²) >= 11 is 1.62. The van der Waals surface area contributed by atoms with Crippen molar-refractivity contribution in [1.29, 1.82) is 0 Å². The summed E-state index contributed by atoms with van der Waals surface area (Å²) in [6.45, 7) is 2.68. The fourth-order valence-electron chi connectivity index (χ4n) is 2.33. The van der Waals surface area contributed by atoms with E-state index in [-0.39, 0.29) is 11.9 Å². The molecule has 1 aromatic rings. The van der Waals surface area contributed by atoms with Crippen molar-refractivity contribution < 1.29 is 9.59 Å². The topological polar surface area (TPSA) is 64.7 Å². The second kappa shape index (κ2) is 8.14. The maximum absolute atomic E-state index is 12.5. The summed E-state index contributed by atoms with van der Waals surface area (Å²) in [6.07, 6.45) is 1.61. The number of nitrogens with one attached hydrogen (secondary N) is 2. The lowest BCUT2D eigenvalue weighted by molar-refractivity contribution is -0.124. The van der Waals surface area contributed by atoms with E-state index in [9.17, 15) is 9.59 Å². The summed E-state index contributed by atoms with van der Waals surface area (Å²) in [6, 6.07) is 1.44. The molecule has 122 valence electrons. The monoisotopic (exact) mass is 324 g/mol. The van der Waals surface area contributed by atoms with Crippen LogP contribution in [0.2, 0.25) is 0 Å². The maximum atomic E-state index is 12.5. The minimum Gasteiger partial charge on any atom is -0.354 e. The number of likely N-dealkylation sites (N-methyl/N-ethyl adjacent to an activating group) is 1.